The number of H-pyrrole nitrogens is 2. The highest BCUT2D eigenvalue weighted by Crippen LogP contribution is 2.22. The summed E-state index contributed by atoms with van der Waals surface area (Å²) < 4.78 is 0. The topological polar surface area (TPSA) is 120 Å². The number of benzene rings is 1. The fourth-order valence-corrected chi connectivity index (χ4v) is 2.19. The number of aryl methyl sites for hydroxylation is 1. The van der Waals surface area contributed by atoms with E-state index in [0.717, 1.165) is 16.6 Å². The molecule has 114 valence electrons. The molecule has 0 saturated heterocycles. The Morgan fingerprint density at radius 2 is 1.91 bits per heavy atom. The average molecular weight is 307 g/mol. The molecule has 0 amide bonds. The molecule has 0 radical (unpaired) electrons. The zero-order valence-corrected chi connectivity index (χ0v) is 12.2. The highest BCUT2D eigenvalue weighted by molar-refractivity contribution is 5.90. The van der Waals surface area contributed by atoms with Crippen LogP contribution in [-0.4, -0.2) is 35.6 Å². The maximum atomic E-state index is 4.36. The van der Waals surface area contributed by atoms with Crippen LogP contribution in [0.2, 0.25) is 0 Å². The van der Waals surface area contributed by atoms with E-state index in [9.17, 15) is 0 Å². The number of anilines is 4. The zero-order valence-electron chi connectivity index (χ0n) is 12.2. The Kier molecular flexibility index (Phi) is 3.08. The summed E-state index contributed by atoms with van der Waals surface area (Å²) >= 11 is 0. The third kappa shape index (κ3) is 2.67. The molecule has 0 aliphatic heterocycles. The Morgan fingerprint density at radius 1 is 1.00 bits per heavy atom. The molecule has 0 bridgehead atoms. The fraction of sp³-hybridized carbons (Fsp3) is 0.0714. The second-order valence-electron chi connectivity index (χ2n) is 4.97. The minimum atomic E-state index is 0.348. The lowest BCUT2D eigenvalue weighted by Crippen LogP contribution is -2.02. The number of fused-ring (bicyclic) bond motifs is 1. The Morgan fingerprint density at radius 3 is 2.78 bits per heavy atom. The van der Waals surface area contributed by atoms with Crippen molar-refractivity contribution in [2.45, 2.75) is 6.92 Å². The summed E-state index contributed by atoms with van der Waals surface area (Å²) in [5, 5.41) is 29.1. The van der Waals surface area contributed by atoms with Gasteiger partial charge in [0.15, 0.2) is 17.5 Å². The van der Waals surface area contributed by atoms with Gasteiger partial charge in [0.05, 0.1) is 11.7 Å². The van der Waals surface area contributed by atoms with Gasteiger partial charge in [0.25, 0.3) is 0 Å². The van der Waals surface area contributed by atoms with Crippen molar-refractivity contribution in [3.8, 4) is 0 Å². The van der Waals surface area contributed by atoms with Crippen molar-refractivity contribution in [3.05, 3.63) is 42.2 Å². The Bertz CT molecular complexity index is 955. The molecular formula is C14H13N9. The van der Waals surface area contributed by atoms with Crippen LogP contribution < -0.4 is 10.6 Å². The maximum Gasteiger partial charge on any atom is 0.250 e. The Labute approximate surface area is 130 Å². The van der Waals surface area contributed by atoms with E-state index in [-0.39, 0.29) is 0 Å². The summed E-state index contributed by atoms with van der Waals surface area (Å²) in [6.07, 6.45) is 1.53. The largest absolute Gasteiger partial charge is 0.321 e. The van der Waals surface area contributed by atoms with Crippen molar-refractivity contribution < 1.29 is 0 Å². The molecule has 0 spiro atoms. The van der Waals surface area contributed by atoms with E-state index in [1.165, 1.54) is 6.20 Å². The van der Waals surface area contributed by atoms with Crippen LogP contribution in [-0.2, 0) is 0 Å². The molecule has 0 aliphatic rings. The lowest BCUT2D eigenvalue weighted by atomic mass is 10.2. The van der Waals surface area contributed by atoms with Crippen molar-refractivity contribution >= 4 is 34.3 Å². The van der Waals surface area contributed by atoms with E-state index in [0.29, 0.717) is 23.4 Å². The van der Waals surface area contributed by atoms with Gasteiger partial charge in [0.1, 0.15) is 0 Å². The number of hydrogen-bond donors (Lipinski definition) is 4. The van der Waals surface area contributed by atoms with Crippen molar-refractivity contribution in [2.75, 3.05) is 10.6 Å². The van der Waals surface area contributed by atoms with Gasteiger partial charge in [0.2, 0.25) is 5.95 Å². The number of para-hydroxylation sites is 1. The van der Waals surface area contributed by atoms with Crippen LogP contribution in [0.4, 0.5) is 23.4 Å². The van der Waals surface area contributed by atoms with Gasteiger partial charge in [-0.3, -0.25) is 10.2 Å². The van der Waals surface area contributed by atoms with E-state index in [1.807, 2.05) is 37.3 Å². The van der Waals surface area contributed by atoms with Gasteiger partial charge in [-0.2, -0.15) is 20.3 Å². The molecule has 23 heavy (non-hydrogen) atoms. The van der Waals surface area contributed by atoms with Gasteiger partial charge in [-0.15, -0.1) is 5.10 Å². The van der Waals surface area contributed by atoms with E-state index < -0.39 is 0 Å². The molecule has 1 aromatic carbocycles. The SMILES string of the molecule is Cc1cc(Nc2nncc(Nc3n[nH]c4ccccc34)n2)n[nH]1. The first-order chi connectivity index (χ1) is 11.3. The van der Waals surface area contributed by atoms with Crippen molar-refractivity contribution in [1.82, 2.24) is 35.6 Å². The maximum absolute atomic E-state index is 4.36. The molecule has 4 N–H and O–H groups in total. The van der Waals surface area contributed by atoms with Crippen LogP contribution in [0.5, 0.6) is 0 Å². The molecule has 0 unspecified atom stereocenters. The van der Waals surface area contributed by atoms with Gasteiger partial charge in [0, 0.05) is 17.1 Å². The van der Waals surface area contributed by atoms with E-state index in [1.54, 1.807) is 0 Å². The second-order valence-corrected chi connectivity index (χ2v) is 4.97. The summed E-state index contributed by atoms with van der Waals surface area (Å²) in [5.74, 6) is 2.20. The fourth-order valence-electron chi connectivity index (χ4n) is 2.19. The Balaban J connectivity index is 1.58. The van der Waals surface area contributed by atoms with Gasteiger partial charge in [-0.05, 0) is 19.1 Å². The third-order valence-electron chi connectivity index (χ3n) is 3.22. The summed E-state index contributed by atoms with van der Waals surface area (Å²) in [6, 6.07) is 9.68. The smallest absolute Gasteiger partial charge is 0.250 e. The molecule has 4 rings (SSSR count). The summed E-state index contributed by atoms with van der Waals surface area (Å²) in [6.45, 7) is 1.91. The first-order valence-corrected chi connectivity index (χ1v) is 6.97. The Hall–Kier alpha value is -3.49. The van der Waals surface area contributed by atoms with E-state index in [2.05, 4.69) is 46.2 Å². The minimum absolute atomic E-state index is 0.348. The molecular weight excluding hydrogens is 294 g/mol. The molecule has 0 atom stereocenters. The van der Waals surface area contributed by atoms with Gasteiger partial charge >= 0.3 is 0 Å². The van der Waals surface area contributed by atoms with Crippen LogP contribution in [0.15, 0.2) is 36.5 Å². The van der Waals surface area contributed by atoms with Crippen molar-refractivity contribution in [1.29, 1.82) is 0 Å². The normalized spacial score (nSPS) is 10.8. The highest BCUT2D eigenvalue weighted by atomic mass is 15.3. The summed E-state index contributed by atoms with van der Waals surface area (Å²) in [5.41, 5.74) is 1.89. The lowest BCUT2D eigenvalue weighted by molar-refractivity contribution is 0.972. The summed E-state index contributed by atoms with van der Waals surface area (Å²) in [4.78, 5) is 4.36. The summed E-state index contributed by atoms with van der Waals surface area (Å²) in [7, 11) is 0. The van der Waals surface area contributed by atoms with Crippen LogP contribution in [0, 0.1) is 6.92 Å². The quantitative estimate of drug-likeness (QED) is 0.456. The van der Waals surface area contributed by atoms with E-state index in [4.69, 9.17) is 0 Å². The lowest BCUT2D eigenvalue weighted by Gasteiger charge is -2.04. The number of aromatic amines is 2. The minimum Gasteiger partial charge on any atom is -0.321 e. The number of nitrogens with one attached hydrogen (secondary N) is 4. The monoisotopic (exact) mass is 307 g/mol. The zero-order chi connectivity index (χ0) is 15.6. The first kappa shape index (κ1) is 13.2. The molecule has 0 saturated carbocycles. The number of aromatic nitrogens is 7. The van der Waals surface area contributed by atoms with Crippen molar-refractivity contribution in [3.63, 3.8) is 0 Å². The predicted octanol–water partition coefficient (Wildman–Crippen LogP) is 2.27. The predicted molar refractivity (Wildman–Crippen MR) is 85.8 cm³/mol. The second kappa shape index (κ2) is 5.37. The molecule has 9 heteroatoms. The molecule has 0 aliphatic carbocycles. The highest BCUT2D eigenvalue weighted by Gasteiger charge is 2.08. The van der Waals surface area contributed by atoms with Crippen LogP contribution in [0.3, 0.4) is 0 Å². The first-order valence-electron chi connectivity index (χ1n) is 6.97. The number of nitrogens with zero attached hydrogens (tertiary/aromatic N) is 5. The number of rotatable bonds is 4. The standard InChI is InChI=1S/C14H13N9/c1-8-6-11(21-19-8)17-14-18-12(7-15-23-14)16-13-9-4-2-3-5-10(9)20-22-13/h2-7H,1H3,(H4,16,17,18,19,20,21,22,23). The molecule has 9 nitrogen and oxygen atoms in total. The van der Waals surface area contributed by atoms with Gasteiger partial charge in [-0.1, -0.05) is 12.1 Å². The van der Waals surface area contributed by atoms with Gasteiger partial charge in [-0.25, -0.2) is 0 Å². The molecule has 0 fully saturated rings. The molecule has 3 heterocycles. The van der Waals surface area contributed by atoms with Gasteiger partial charge < -0.3 is 10.6 Å². The van der Waals surface area contributed by atoms with Crippen LogP contribution >= 0.6 is 0 Å². The number of hydrogen-bond acceptors (Lipinski definition) is 7. The third-order valence-corrected chi connectivity index (χ3v) is 3.22. The molecule has 3 aromatic heterocycles. The van der Waals surface area contributed by atoms with Crippen molar-refractivity contribution in [2.24, 2.45) is 0 Å². The van der Waals surface area contributed by atoms with Crippen LogP contribution in [0.25, 0.3) is 10.9 Å². The average Bonchev–Trinajstić information content (AvgIpc) is 3.15. The van der Waals surface area contributed by atoms with Crippen LogP contribution in [0.1, 0.15) is 5.69 Å². The molecule has 4 aromatic rings. The van der Waals surface area contributed by atoms with E-state index >= 15 is 0 Å².